The molecule has 38 heavy (non-hydrogen) atoms. The van der Waals surface area contributed by atoms with E-state index in [1.54, 1.807) is 12.1 Å². The van der Waals surface area contributed by atoms with Crippen LogP contribution in [0.5, 0.6) is 0 Å². The Morgan fingerprint density at radius 1 is 1.00 bits per heavy atom. The van der Waals surface area contributed by atoms with E-state index in [4.69, 9.17) is 11.6 Å². The summed E-state index contributed by atoms with van der Waals surface area (Å²) in [5.41, 5.74) is 2.25. The summed E-state index contributed by atoms with van der Waals surface area (Å²) < 4.78 is 0. The first-order valence-electron chi connectivity index (χ1n) is 13.8. The second-order valence-corrected chi connectivity index (χ2v) is 11.4. The number of piperidine rings is 2. The van der Waals surface area contributed by atoms with Crippen molar-refractivity contribution in [2.24, 2.45) is 11.8 Å². The summed E-state index contributed by atoms with van der Waals surface area (Å²) in [6.07, 6.45) is 4.40. The fourth-order valence-electron chi connectivity index (χ4n) is 5.61. The van der Waals surface area contributed by atoms with Crippen molar-refractivity contribution in [3.8, 4) is 0 Å². The van der Waals surface area contributed by atoms with Gasteiger partial charge in [0.2, 0.25) is 0 Å². The van der Waals surface area contributed by atoms with Gasteiger partial charge in [0.25, 0.3) is 11.8 Å². The maximum Gasteiger partial charge on any atom is 0.256 e. The number of nitrogens with zero attached hydrogens (tertiary/aromatic N) is 3. The van der Waals surface area contributed by atoms with Crippen molar-refractivity contribution < 1.29 is 14.7 Å². The summed E-state index contributed by atoms with van der Waals surface area (Å²) in [5, 5.41) is 13.9. The molecule has 2 aromatic carbocycles. The van der Waals surface area contributed by atoms with E-state index in [0.29, 0.717) is 34.5 Å². The van der Waals surface area contributed by atoms with Crippen LogP contribution in [0.3, 0.4) is 0 Å². The van der Waals surface area contributed by atoms with Crippen LogP contribution < -0.4 is 10.2 Å². The topological polar surface area (TPSA) is 76.1 Å². The standard InChI is InChI=1S/C30H41ClN4O3/c1-33(2)19-14-32-29(37)26-9-8-25(21-27(26)31)34-15-10-22(11-16-34)20-23-12-17-35(18-13-23)30(38)28(36)24-6-4-3-5-7-24/h3-9,21-23,28,36H,10-20H2,1-2H3,(H,32,37)/t28-/m1/s1. The van der Waals surface area contributed by atoms with Crippen molar-refractivity contribution in [2.45, 2.75) is 38.2 Å². The first-order chi connectivity index (χ1) is 18.3. The zero-order valence-corrected chi connectivity index (χ0v) is 23.4. The number of nitrogens with one attached hydrogen (secondary N) is 1. The first-order valence-corrected chi connectivity index (χ1v) is 14.2. The first kappa shape index (κ1) is 28.4. The molecule has 2 fully saturated rings. The number of aliphatic hydroxyl groups is 1. The minimum Gasteiger partial charge on any atom is -0.378 e. The van der Waals surface area contributed by atoms with E-state index in [9.17, 15) is 14.7 Å². The van der Waals surface area contributed by atoms with Gasteiger partial charge in [-0.05, 0) is 81.8 Å². The summed E-state index contributed by atoms with van der Waals surface area (Å²) in [5.74, 6) is 0.998. The van der Waals surface area contributed by atoms with Gasteiger partial charge in [-0.2, -0.15) is 0 Å². The molecule has 2 N–H and O–H groups in total. The number of aliphatic hydroxyl groups excluding tert-OH is 1. The van der Waals surface area contributed by atoms with Gasteiger partial charge in [0.05, 0.1) is 10.6 Å². The fraction of sp³-hybridized carbons (Fsp3) is 0.533. The number of carbonyl (C=O) groups is 2. The molecule has 7 nitrogen and oxygen atoms in total. The minimum atomic E-state index is -1.07. The molecule has 2 aliphatic heterocycles. The molecular weight excluding hydrogens is 500 g/mol. The predicted molar refractivity (Wildman–Crippen MR) is 153 cm³/mol. The number of hydrogen-bond acceptors (Lipinski definition) is 5. The molecule has 0 saturated carbocycles. The van der Waals surface area contributed by atoms with E-state index in [0.717, 1.165) is 64.1 Å². The van der Waals surface area contributed by atoms with Crippen LogP contribution in [0.15, 0.2) is 48.5 Å². The summed E-state index contributed by atoms with van der Waals surface area (Å²) in [7, 11) is 3.95. The third kappa shape index (κ3) is 7.49. The smallest absolute Gasteiger partial charge is 0.256 e. The highest BCUT2D eigenvalue weighted by molar-refractivity contribution is 6.34. The third-order valence-electron chi connectivity index (χ3n) is 7.96. The summed E-state index contributed by atoms with van der Waals surface area (Å²) in [6.45, 7) is 4.78. The van der Waals surface area contributed by atoms with Crippen LogP contribution in [0, 0.1) is 11.8 Å². The lowest BCUT2D eigenvalue weighted by Crippen LogP contribution is -2.42. The molecule has 0 aliphatic carbocycles. The van der Waals surface area contributed by atoms with Crippen molar-refractivity contribution >= 4 is 29.1 Å². The monoisotopic (exact) mass is 540 g/mol. The highest BCUT2D eigenvalue weighted by Crippen LogP contribution is 2.33. The molecule has 1 atom stereocenters. The molecule has 0 aromatic heterocycles. The van der Waals surface area contributed by atoms with Crippen LogP contribution in [0.1, 0.15) is 54.1 Å². The Morgan fingerprint density at radius 3 is 2.24 bits per heavy atom. The van der Waals surface area contributed by atoms with Gasteiger partial charge < -0.3 is 25.1 Å². The SMILES string of the molecule is CN(C)CCNC(=O)c1ccc(N2CCC(CC3CCN(C(=O)[C@H](O)c4ccccc4)CC3)CC2)cc1Cl. The lowest BCUT2D eigenvalue weighted by molar-refractivity contribution is -0.142. The Kier molecular flexibility index (Phi) is 10.1. The van der Waals surface area contributed by atoms with Gasteiger partial charge in [-0.25, -0.2) is 0 Å². The number of anilines is 1. The molecule has 2 saturated heterocycles. The van der Waals surface area contributed by atoms with Crippen LogP contribution in [-0.4, -0.2) is 80.1 Å². The van der Waals surface area contributed by atoms with Gasteiger partial charge in [-0.1, -0.05) is 41.9 Å². The van der Waals surface area contributed by atoms with Gasteiger partial charge in [-0.15, -0.1) is 0 Å². The largest absolute Gasteiger partial charge is 0.378 e. The summed E-state index contributed by atoms with van der Waals surface area (Å²) in [4.78, 5) is 31.4. The Balaban J connectivity index is 1.20. The van der Waals surface area contributed by atoms with E-state index in [1.165, 1.54) is 6.42 Å². The average molecular weight is 541 g/mol. The molecule has 8 heteroatoms. The second kappa shape index (κ2) is 13.5. The average Bonchev–Trinajstić information content (AvgIpc) is 2.93. The Morgan fingerprint density at radius 2 is 1.63 bits per heavy atom. The number of hydrogen-bond donors (Lipinski definition) is 2. The highest BCUT2D eigenvalue weighted by Gasteiger charge is 2.30. The van der Waals surface area contributed by atoms with Crippen LogP contribution in [0.4, 0.5) is 5.69 Å². The van der Waals surface area contributed by atoms with Crippen molar-refractivity contribution in [3.63, 3.8) is 0 Å². The van der Waals surface area contributed by atoms with Gasteiger partial charge in [-0.3, -0.25) is 9.59 Å². The summed E-state index contributed by atoms with van der Waals surface area (Å²) >= 11 is 6.49. The van der Waals surface area contributed by atoms with Crippen molar-refractivity contribution in [1.29, 1.82) is 0 Å². The van der Waals surface area contributed by atoms with Crippen LogP contribution in [-0.2, 0) is 4.79 Å². The summed E-state index contributed by atoms with van der Waals surface area (Å²) in [6, 6.07) is 14.9. The molecule has 0 bridgehead atoms. The zero-order valence-electron chi connectivity index (χ0n) is 22.6. The third-order valence-corrected chi connectivity index (χ3v) is 8.28. The zero-order chi connectivity index (χ0) is 27.1. The number of likely N-dealkylation sites (N-methyl/N-ethyl adjacent to an activating group) is 1. The van der Waals surface area contributed by atoms with Crippen LogP contribution in [0.25, 0.3) is 0 Å². The number of carbonyl (C=O) groups excluding carboxylic acids is 2. The Labute approximate surface area is 231 Å². The highest BCUT2D eigenvalue weighted by atomic mass is 35.5. The molecule has 0 spiro atoms. The molecule has 0 unspecified atom stereocenters. The maximum atomic E-state index is 12.8. The van der Waals surface area contributed by atoms with E-state index in [2.05, 4.69) is 10.2 Å². The number of halogens is 1. The van der Waals surface area contributed by atoms with Crippen LogP contribution in [0.2, 0.25) is 5.02 Å². The normalized spacial score (nSPS) is 18.0. The predicted octanol–water partition coefficient (Wildman–Crippen LogP) is 4.21. The molecule has 0 radical (unpaired) electrons. The van der Waals surface area contributed by atoms with E-state index >= 15 is 0 Å². The van der Waals surface area contributed by atoms with Crippen LogP contribution >= 0.6 is 11.6 Å². The fourth-order valence-corrected chi connectivity index (χ4v) is 5.87. The quantitative estimate of drug-likeness (QED) is 0.498. The molecule has 2 heterocycles. The van der Waals surface area contributed by atoms with Gasteiger partial charge in [0, 0.05) is 45.0 Å². The van der Waals surface area contributed by atoms with E-state index in [1.807, 2.05) is 60.3 Å². The van der Waals surface area contributed by atoms with Gasteiger partial charge >= 0.3 is 0 Å². The molecule has 2 aliphatic rings. The second-order valence-electron chi connectivity index (χ2n) is 11.0. The minimum absolute atomic E-state index is 0.135. The van der Waals surface area contributed by atoms with E-state index in [-0.39, 0.29) is 11.8 Å². The Bertz CT molecular complexity index is 1060. The van der Waals surface area contributed by atoms with Gasteiger partial charge in [0.15, 0.2) is 6.10 Å². The lowest BCUT2D eigenvalue weighted by Gasteiger charge is -2.38. The maximum absolute atomic E-state index is 12.8. The van der Waals surface area contributed by atoms with E-state index < -0.39 is 6.10 Å². The Hall–Kier alpha value is -2.61. The lowest BCUT2D eigenvalue weighted by atomic mass is 9.82. The molecule has 2 aromatic rings. The van der Waals surface area contributed by atoms with Crippen molar-refractivity contribution in [1.82, 2.24) is 15.1 Å². The van der Waals surface area contributed by atoms with Crippen molar-refractivity contribution in [3.05, 3.63) is 64.7 Å². The van der Waals surface area contributed by atoms with Crippen molar-refractivity contribution in [2.75, 3.05) is 58.3 Å². The number of likely N-dealkylation sites (tertiary alicyclic amines) is 1. The molecule has 206 valence electrons. The van der Waals surface area contributed by atoms with Gasteiger partial charge in [0.1, 0.15) is 0 Å². The molecule has 4 rings (SSSR count). The number of rotatable bonds is 9. The number of amides is 2. The molecule has 2 amide bonds. The molecular formula is C30H41ClN4O3. The number of benzene rings is 2.